The zero-order valence-electron chi connectivity index (χ0n) is 16.2. The second kappa shape index (κ2) is 8.87. The average Bonchev–Trinajstić information content (AvgIpc) is 2.80. The number of amides is 2. The highest BCUT2D eigenvalue weighted by Crippen LogP contribution is 2.27. The van der Waals surface area contributed by atoms with Crippen LogP contribution in [0.2, 0.25) is 0 Å². The molecule has 0 aliphatic carbocycles. The van der Waals surface area contributed by atoms with Crippen LogP contribution in [0.15, 0.2) is 36.7 Å². The molecule has 1 aromatic heterocycles. The van der Waals surface area contributed by atoms with Gasteiger partial charge in [0.25, 0.3) is 5.91 Å². The second-order valence-electron chi connectivity index (χ2n) is 6.96. The highest BCUT2D eigenvalue weighted by atomic mass is 16.5. The maximum atomic E-state index is 12.9. The molecule has 0 radical (unpaired) electrons. The molecule has 0 saturated carbocycles. The quantitative estimate of drug-likeness (QED) is 0.749. The molecule has 2 amide bonds. The van der Waals surface area contributed by atoms with Gasteiger partial charge in [-0.25, -0.2) is 9.97 Å². The highest BCUT2D eigenvalue weighted by Gasteiger charge is 2.20. The third-order valence-electron chi connectivity index (χ3n) is 5.18. The van der Waals surface area contributed by atoms with Crippen molar-refractivity contribution in [3.63, 3.8) is 0 Å². The number of hydrogen-bond donors (Lipinski definition) is 1. The minimum atomic E-state index is -0.277. The summed E-state index contributed by atoms with van der Waals surface area (Å²) in [6.07, 6.45) is 2.27. The van der Waals surface area contributed by atoms with Crippen LogP contribution in [-0.2, 0) is 9.53 Å². The molecule has 4 rings (SSSR count). The van der Waals surface area contributed by atoms with Crippen molar-refractivity contribution in [1.29, 1.82) is 0 Å². The molecule has 3 heterocycles. The number of carbonyl (C=O) groups is 2. The van der Waals surface area contributed by atoms with Gasteiger partial charge in [-0.3, -0.25) is 9.59 Å². The van der Waals surface area contributed by atoms with Gasteiger partial charge in [0.2, 0.25) is 6.41 Å². The maximum absolute atomic E-state index is 12.9. The topological polar surface area (TPSA) is 90.9 Å². The van der Waals surface area contributed by atoms with Crippen LogP contribution in [0.1, 0.15) is 10.5 Å². The van der Waals surface area contributed by atoms with Crippen LogP contribution in [0, 0.1) is 0 Å². The number of carbonyl (C=O) groups excluding carboxylic acids is 2. The lowest BCUT2D eigenvalue weighted by Gasteiger charge is -2.33. The van der Waals surface area contributed by atoms with Crippen molar-refractivity contribution in [2.45, 2.75) is 0 Å². The summed E-state index contributed by atoms with van der Waals surface area (Å²) in [6.45, 7) is 5.57. The summed E-state index contributed by atoms with van der Waals surface area (Å²) in [5.41, 5.74) is 2.03. The van der Waals surface area contributed by atoms with E-state index in [1.54, 1.807) is 11.0 Å². The number of ether oxygens (including phenoxy) is 1. The number of para-hydroxylation sites is 2. The number of anilines is 3. The molecule has 2 aliphatic rings. The normalized spacial score (nSPS) is 17.2. The Morgan fingerprint density at radius 1 is 1.00 bits per heavy atom. The van der Waals surface area contributed by atoms with Crippen molar-refractivity contribution in [2.75, 3.05) is 67.6 Å². The molecule has 0 bridgehead atoms. The first-order valence-corrected chi connectivity index (χ1v) is 9.74. The van der Waals surface area contributed by atoms with Crippen LogP contribution in [0.3, 0.4) is 0 Å². The Morgan fingerprint density at radius 2 is 1.76 bits per heavy atom. The van der Waals surface area contributed by atoms with Gasteiger partial charge in [0.15, 0.2) is 0 Å². The van der Waals surface area contributed by atoms with Crippen LogP contribution in [0.25, 0.3) is 0 Å². The van der Waals surface area contributed by atoms with E-state index in [-0.39, 0.29) is 5.91 Å². The molecule has 9 nitrogen and oxygen atoms in total. The van der Waals surface area contributed by atoms with Crippen LogP contribution in [-0.4, -0.2) is 79.7 Å². The molecule has 9 heteroatoms. The van der Waals surface area contributed by atoms with Gasteiger partial charge in [-0.1, -0.05) is 12.1 Å². The Morgan fingerprint density at radius 3 is 2.52 bits per heavy atom. The number of morpholine rings is 1. The van der Waals surface area contributed by atoms with E-state index >= 15 is 0 Å². The molecular weight excluding hydrogens is 372 g/mol. The minimum absolute atomic E-state index is 0.277. The van der Waals surface area contributed by atoms with Gasteiger partial charge in [-0.05, 0) is 12.1 Å². The SMILES string of the molecule is O=CN1CCN(c2cc(C(=O)Nc3ccccc3N3CCOCC3)ncn2)CC1. The molecule has 152 valence electrons. The molecule has 2 aromatic rings. The van der Waals surface area contributed by atoms with Crippen molar-refractivity contribution < 1.29 is 14.3 Å². The Balaban J connectivity index is 1.48. The summed E-state index contributed by atoms with van der Waals surface area (Å²) in [7, 11) is 0. The average molecular weight is 396 g/mol. The van der Waals surface area contributed by atoms with Crippen molar-refractivity contribution >= 4 is 29.5 Å². The Hall–Kier alpha value is -3.20. The molecule has 1 aromatic carbocycles. The molecule has 2 fully saturated rings. The van der Waals surface area contributed by atoms with Gasteiger partial charge in [-0.2, -0.15) is 0 Å². The highest BCUT2D eigenvalue weighted by molar-refractivity contribution is 6.05. The number of nitrogens with one attached hydrogen (secondary N) is 1. The largest absolute Gasteiger partial charge is 0.378 e. The van der Waals surface area contributed by atoms with Crippen molar-refractivity contribution in [1.82, 2.24) is 14.9 Å². The van der Waals surface area contributed by atoms with E-state index in [2.05, 4.69) is 25.1 Å². The first kappa shape index (κ1) is 19.1. The first-order valence-electron chi connectivity index (χ1n) is 9.74. The maximum Gasteiger partial charge on any atom is 0.274 e. The number of hydrogen-bond acceptors (Lipinski definition) is 7. The van der Waals surface area contributed by atoms with E-state index in [1.165, 1.54) is 6.33 Å². The summed E-state index contributed by atoms with van der Waals surface area (Å²) in [5.74, 6) is 0.415. The summed E-state index contributed by atoms with van der Waals surface area (Å²) >= 11 is 0. The number of rotatable bonds is 5. The molecule has 2 saturated heterocycles. The van der Waals surface area contributed by atoms with E-state index in [9.17, 15) is 9.59 Å². The van der Waals surface area contributed by atoms with Crippen molar-refractivity contribution in [3.8, 4) is 0 Å². The number of benzene rings is 1. The van der Waals surface area contributed by atoms with E-state index in [0.29, 0.717) is 50.9 Å². The fourth-order valence-corrected chi connectivity index (χ4v) is 3.55. The predicted molar refractivity (Wildman–Crippen MR) is 109 cm³/mol. The van der Waals surface area contributed by atoms with Crippen LogP contribution in [0.4, 0.5) is 17.2 Å². The Labute approximate surface area is 169 Å². The van der Waals surface area contributed by atoms with Gasteiger partial charge in [-0.15, -0.1) is 0 Å². The molecule has 0 spiro atoms. The van der Waals surface area contributed by atoms with Crippen molar-refractivity contribution in [2.24, 2.45) is 0 Å². The third-order valence-corrected chi connectivity index (χ3v) is 5.18. The Bertz CT molecular complexity index is 863. The molecule has 2 aliphatic heterocycles. The van der Waals surface area contributed by atoms with E-state index < -0.39 is 0 Å². The van der Waals surface area contributed by atoms with Gasteiger partial charge >= 0.3 is 0 Å². The molecule has 1 N–H and O–H groups in total. The molecule has 29 heavy (non-hydrogen) atoms. The number of piperazine rings is 1. The fourth-order valence-electron chi connectivity index (χ4n) is 3.55. The molecule has 0 atom stereocenters. The summed E-state index contributed by atoms with van der Waals surface area (Å²) in [6, 6.07) is 9.45. The standard InChI is InChI=1S/C20H24N6O3/c27-15-24-5-7-26(8-6-24)19-13-17(21-14-22-19)20(28)23-16-3-1-2-4-18(16)25-9-11-29-12-10-25/h1-4,13-15H,5-12H2,(H,23,28). The smallest absolute Gasteiger partial charge is 0.274 e. The lowest BCUT2D eigenvalue weighted by atomic mass is 10.2. The van der Waals surface area contributed by atoms with E-state index in [1.807, 2.05) is 24.3 Å². The van der Waals surface area contributed by atoms with Gasteiger partial charge in [0.05, 0.1) is 24.6 Å². The zero-order valence-corrected chi connectivity index (χ0v) is 16.2. The van der Waals surface area contributed by atoms with Crippen LogP contribution < -0.4 is 15.1 Å². The monoisotopic (exact) mass is 396 g/mol. The predicted octanol–water partition coefficient (Wildman–Crippen LogP) is 0.844. The second-order valence-corrected chi connectivity index (χ2v) is 6.96. The van der Waals surface area contributed by atoms with Crippen LogP contribution in [0.5, 0.6) is 0 Å². The molecule has 0 unspecified atom stereocenters. The van der Waals surface area contributed by atoms with Gasteiger partial charge in [0.1, 0.15) is 17.8 Å². The van der Waals surface area contributed by atoms with E-state index in [4.69, 9.17) is 4.74 Å². The first-order chi connectivity index (χ1) is 14.2. The summed E-state index contributed by atoms with van der Waals surface area (Å²) < 4.78 is 5.42. The van der Waals surface area contributed by atoms with Crippen molar-refractivity contribution in [3.05, 3.63) is 42.4 Å². The molecular formula is C20H24N6O3. The lowest BCUT2D eigenvalue weighted by Crippen LogP contribution is -2.46. The Kier molecular flexibility index (Phi) is 5.85. The van der Waals surface area contributed by atoms with E-state index in [0.717, 1.165) is 30.9 Å². The lowest BCUT2D eigenvalue weighted by molar-refractivity contribution is -0.118. The number of nitrogens with zero attached hydrogens (tertiary/aromatic N) is 5. The minimum Gasteiger partial charge on any atom is -0.378 e. The zero-order chi connectivity index (χ0) is 20.1. The summed E-state index contributed by atoms with van der Waals surface area (Å²) in [5, 5.41) is 2.99. The van der Waals surface area contributed by atoms with Crippen LogP contribution >= 0.6 is 0 Å². The third kappa shape index (κ3) is 4.45. The van der Waals surface area contributed by atoms with Gasteiger partial charge in [0, 0.05) is 45.3 Å². The fraction of sp³-hybridized carbons (Fsp3) is 0.400. The summed E-state index contributed by atoms with van der Waals surface area (Å²) in [4.78, 5) is 38.2. The number of aromatic nitrogens is 2. The van der Waals surface area contributed by atoms with Gasteiger partial charge < -0.3 is 24.8 Å².